The highest BCUT2D eigenvalue weighted by Gasteiger charge is 2.24. The van der Waals surface area contributed by atoms with Crippen molar-refractivity contribution in [2.24, 2.45) is 0 Å². The van der Waals surface area contributed by atoms with Gasteiger partial charge in [-0.25, -0.2) is 9.37 Å². The lowest BCUT2D eigenvalue weighted by Gasteiger charge is -2.35. The quantitative estimate of drug-likeness (QED) is 0.622. The van der Waals surface area contributed by atoms with E-state index in [-0.39, 0.29) is 24.2 Å². The Hall–Kier alpha value is -2.55. The highest BCUT2D eigenvalue weighted by molar-refractivity contribution is 7.13. The summed E-state index contributed by atoms with van der Waals surface area (Å²) in [5.41, 5.74) is 1.61. The largest absolute Gasteiger partial charge is 0.440 e. The minimum atomic E-state index is -0.272. The SMILES string of the molecule is Cc1oc(-c2cccs2)nc1CC(=O)NC[C@@H](c1ccc(F)cc1)N1CCOCC1. The second-order valence-electron chi connectivity index (χ2n) is 7.20. The van der Waals surface area contributed by atoms with Crippen molar-refractivity contribution in [2.45, 2.75) is 19.4 Å². The molecule has 0 bridgehead atoms. The molecular weight excluding hydrogens is 405 g/mol. The monoisotopic (exact) mass is 429 g/mol. The molecule has 0 unspecified atom stereocenters. The van der Waals surface area contributed by atoms with Crippen LogP contribution in [-0.4, -0.2) is 48.6 Å². The molecule has 8 heteroatoms. The average Bonchev–Trinajstić information content (AvgIpc) is 3.41. The molecule has 1 aromatic carbocycles. The van der Waals surface area contributed by atoms with E-state index in [9.17, 15) is 9.18 Å². The van der Waals surface area contributed by atoms with Crippen molar-refractivity contribution in [3.8, 4) is 10.8 Å². The van der Waals surface area contributed by atoms with Crippen molar-refractivity contribution >= 4 is 17.2 Å². The molecule has 30 heavy (non-hydrogen) atoms. The number of rotatable bonds is 7. The van der Waals surface area contributed by atoms with Gasteiger partial charge >= 0.3 is 0 Å². The fourth-order valence-corrected chi connectivity index (χ4v) is 4.20. The molecule has 6 nitrogen and oxygen atoms in total. The van der Waals surface area contributed by atoms with Crippen LogP contribution >= 0.6 is 11.3 Å². The van der Waals surface area contributed by atoms with E-state index >= 15 is 0 Å². The van der Waals surface area contributed by atoms with Crippen LogP contribution in [0.5, 0.6) is 0 Å². The van der Waals surface area contributed by atoms with E-state index in [1.165, 1.54) is 12.1 Å². The van der Waals surface area contributed by atoms with Gasteiger partial charge in [0.15, 0.2) is 0 Å². The molecule has 4 rings (SSSR count). The first-order valence-electron chi connectivity index (χ1n) is 9.94. The number of halogens is 1. The lowest BCUT2D eigenvalue weighted by Crippen LogP contribution is -2.44. The zero-order valence-corrected chi connectivity index (χ0v) is 17.6. The number of carbonyl (C=O) groups is 1. The number of hydrogen-bond acceptors (Lipinski definition) is 6. The van der Waals surface area contributed by atoms with Gasteiger partial charge in [0.1, 0.15) is 11.6 Å². The maximum Gasteiger partial charge on any atom is 0.236 e. The number of nitrogens with zero attached hydrogens (tertiary/aromatic N) is 2. The Kier molecular flexibility index (Phi) is 6.56. The van der Waals surface area contributed by atoms with Crippen LogP contribution in [0.25, 0.3) is 10.8 Å². The van der Waals surface area contributed by atoms with Gasteiger partial charge in [0.2, 0.25) is 11.8 Å². The molecule has 3 heterocycles. The Morgan fingerprint density at radius 2 is 2.03 bits per heavy atom. The summed E-state index contributed by atoms with van der Waals surface area (Å²) in [4.78, 5) is 20.3. The first-order valence-corrected chi connectivity index (χ1v) is 10.8. The molecule has 3 aromatic rings. The third-order valence-electron chi connectivity index (χ3n) is 5.19. The highest BCUT2D eigenvalue weighted by atomic mass is 32.1. The summed E-state index contributed by atoms with van der Waals surface area (Å²) in [6, 6.07) is 10.3. The van der Waals surface area contributed by atoms with Gasteiger partial charge in [-0.15, -0.1) is 11.3 Å². The number of carbonyl (C=O) groups excluding carboxylic acids is 1. The van der Waals surface area contributed by atoms with E-state index in [4.69, 9.17) is 9.15 Å². The Labute approximate surface area is 178 Å². The molecule has 0 spiro atoms. The van der Waals surface area contributed by atoms with Crippen molar-refractivity contribution in [1.82, 2.24) is 15.2 Å². The fourth-order valence-electron chi connectivity index (χ4n) is 3.55. The standard InChI is InChI=1S/C22H24FN3O3S/c1-15-18(25-22(29-15)20-3-2-12-30-20)13-21(27)24-14-19(26-8-10-28-11-9-26)16-4-6-17(23)7-5-16/h2-7,12,19H,8-11,13-14H2,1H3,(H,24,27)/t19-/m0/s1. The molecule has 158 valence electrons. The van der Waals surface area contributed by atoms with Crippen LogP contribution in [0.15, 0.2) is 46.2 Å². The number of benzene rings is 1. The van der Waals surface area contributed by atoms with Crippen LogP contribution in [0.4, 0.5) is 4.39 Å². The van der Waals surface area contributed by atoms with Crippen LogP contribution in [-0.2, 0) is 16.0 Å². The van der Waals surface area contributed by atoms with Crippen molar-refractivity contribution < 1.29 is 18.3 Å². The van der Waals surface area contributed by atoms with Gasteiger partial charge in [0.25, 0.3) is 0 Å². The maximum atomic E-state index is 13.4. The summed E-state index contributed by atoms with van der Waals surface area (Å²) in [7, 11) is 0. The number of nitrogens with one attached hydrogen (secondary N) is 1. The average molecular weight is 430 g/mol. The number of morpholine rings is 1. The molecule has 2 aromatic heterocycles. The molecule has 0 saturated carbocycles. The van der Waals surface area contributed by atoms with E-state index in [2.05, 4.69) is 15.2 Å². The normalized spacial score (nSPS) is 15.8. The maximum absolute atomic E-state index is 13.4. The van der Waals surface area contributed by atoms with Gasteiger partial charge in [0, 0.05) is 19.6 Å². The molecule has 1 amide bonds. The first-order chi connectivity index (χ1) is 14.6. The molecule has 1 aliphatic heterocycles. The molecule has 0 radical (unpaired) electrons. The highest BCUT2D eigenvalue weighted by Crippen LogP contribution is 2.26. The summed E-state index contributed by atoms with van der Waals surface area (Å²) in [5.74, 6) is 0.802. The van der Waals surface area contributed by atoms with Gasteiger partial charge in [-0.1, -0.05) is 18.2 Å². The summed E-state index contributed by atoms with van der Waals surface area (Å²) >= 11 is 1.55. The minimum Gasteiger partial charge on any atom is -0.440 e. The zero-order valence-electron chi connectivity index (χ0n) is 16.8. The number of aryl methyl sites for hydroxylation is 1. The Balaban J connectivity index is 1.41. The predicted octanol–water partition coefficient (Wildman–Crippen LogP) is 3.58. The van der Waals surface area contributed by atoms with Crippen LogP contribution in [0, 0.1) is 12.7 Å². The third-order valence-corrected chi connectivity index (χ3v) is 6.04. The van der Waals surface area contributed by atoms with Gasteiger partial charge in [-0.05, 0) is 36.1 Å². The molecule has 1 N–H and O–H groups in total. The summed E-state index contributed by atoms with van der Waals surface area (Å²) in [6.07, 6.45) is 0.153. The smallest absolute Gasteiger partial charge is 0.236 e. The van der Waals surface area contributed by atoms with E-state index in [1.807, 2.05) is 24.4 Å². The second kappa shape index (κ2) is 9.51. The molecule has 1 fully saturated rings. The van der Waals surface area contributed by atoms with Gasteiger partial charge in [0.05, 0.1) is 36.2 Å². The molecule has 1 saturated heterocycles. The minimum absolute atomic E-state index is 0.0430. The first kappa shape index (κ1) is 20.7. The summed E-state index contributed by atoms with van der Waals surface area (Å²) in [5, 5.41) is 4.98. The van der Waals surface area contributed by atoms with E-state index in [0.717, 1.165) is 23.5 Å². The van der Waals surface area contributed by atoms with Crippen LogP contribution < -0.4 is 5.32 Å². The van der Waals surface area contributed by atoms with Gasteiger partial charge < -0.3 is 14.5 Å². The van der Waals surface area contributed by atoms with Crippen molar-refractivity contribution in [1.29, 1.82) is 0 Å². The molecule has 1 atom stereocenters. The molecule has 1 aliphatic rings. The van der Waals surface area contributed by atoms with Crippen molar-refractivity contribution in [3.05, 3.63) is 64.6 Å². The summed E-state index contributed by atoms with van der Waals surface area (Å²) in [6.45, 7) is 5.08. The number of aromatic nitrogens is 1. The van der Waals surface area contributed by atoms with E-state index in [0.29, 0.717) is 37.1 Å². The topological polar surface area (TPSA) is 67.6 Å². The molecular formula is C22H24FN3O3S. The third kappa shape index (κ3) is 4.95. The molecule has 0 aliphatic carbocycles. The van der Waals surface area contributed by atoms with E-state index < -0.39 is 0 Å². The number of amides is 1. The Morgan fingerprint density at radius 3 is 2.73 bits per heavy atom. The van der Waals surface area contributed by atoms with Gasteiger partial charge in [-0.2, -0.15) is 0 Å². The van der Waals surface area contributed by atoms with Gasteiger partial charge in [-0.3, -0.25) is 9.69 Å². The number of thiophene rings is 1. The Bertz CT molecular complexity index is 966. The zero-order chi connectivity index (χ0) is 20.9. The van der Waals surface area contributed by atoms with Crippen LogP contribution in [0.2, 0.25) is 0 Å². The number of hydrogen-bond donors (Lipinski definition) is 1. The number of ether oxygens (including phenoxy) is 1. The fraction of sp³-hybridized carbons (Fsp3) is 0.364. The van der Waals surface area contributed by atoms with Crippen molar-refractivity contribution in [3.63, 3.8) is 0 Å². The van der Waals surface area contributed by atoms with Crippen molar-refractivity contribution in [2.75, 3.05) is 32.8 Å². The lowest BCUT2D eigenvalue weighted by atomic mass is 10.0. The van der Waals surface area contributed by atoms with Crippen LogP contribution in [0.1, 0.15) is 23.1 Å². The van der Waals surface area contributed by atoms with E-state index in [1.54, 1.807) is 23.5 Å². The second-order valence-corrected chi connectivity index (χ2v) is 8.14. The van der Waals surface area contributed by atoms with Crippen LogP contribution in [0.3, 0.4) is 0 Å². The predicted molar refractivity (Wildman–Crippen MR) is 113 cm³/mol. The Morgan fingerprint density at radius 1 is 1.27 bits per heavy atom. The number of oxazole rings is 1. The lowest BCUT2D eigenvalue weighted by molar-refractivity contribution is -0.120. The summed E-state index contributed by atoms with van der Waals surface area (Å²) < 4.78 is 24.5.